The van der Waals surface area contributed by atoms with Crippen LogP contribution in [0.2, 0.25) is 0 Å². The summed E-state index contributed by atoms with van der Waals surface area (Å²) in [6.07, 6.45) is 4.59. The molecule has 0 aliphatic heterocycles. The van der Waals surface area contributed by atoms with Crippen molar-refractivity contribution >= 4 is 17.2 Å². The molecule has 0 bridgehead atoms. The van der Waals surface area contributed by atoms with Gasteiger partial charge in [0.25, 0.3) is 0 Å². The lowest BCUT2D eigenvalue weighted by atomic mass is 9.88. The molecule has 4 nitrogen and oxygen atoms in total. The number of benzene rings is 1. The molecule has 2 heterocycles. The molecule has 1 atom stereocenters. The topological polar surface area (TPSA) is 37.6 Å². The van der Waals surface area contributed by atoms with Crippen molar-refractivity contribution in [1.29, 1.82) is 0 Å². The maximum atomic E-state index is 13.1. The van der Waals surface area contributed by atoms with E-state index in [1.165, 1.54) is 11.3 Å². The molecule has 25 heavy (non-hydrogen) atoms. The van der Waals surface area contributed by atoms with Crippen molar-refractivity contribution in [1.82, 2.24) is 9.38 Å². The number of aryl methyl sites for hydroxylation is 2. The zero-order chi connectivity index (χ0) is 17.4. The van der Waals surface area contributed by atoms with Gasteiger partial charge < -0.3 is 9.30 Å². The number of fused-ring (bicyclic) bond motifs is 3. The van der Waals surface area contributed by atoms with E-state index in [1.807, 2.05) is 42.2 Å². The van der Waals surface area contributed by atoms with Gasteiger partial charge in [0.05, 0.1) is 5.69 Å². The van der Waals surface area contributed by atoms with Crippen LogP contribution in [0.25, 0.3) is 5.65 Å². The minimum absolute atomic E-state index is 0.0221. The maximum Gasteiger partial charge on any atom is 0.230 e. The van der Waals surface area contributed by atoms with Gasteiger partial charge in [0.2, 0.25) is 5.91 Å². The zero-order valence-electron chi connectivity index (χ0n) is 14.8. The van der Waals surface area contributed by atoms with Crippen LogP contribution < -0.4 is 4.90 Å². The van der Waals surface area contributed by atoms with Gasteiger partial charge in [-0.15, -0.1) is 0 Å². The molecule has 3 aromatic rings. The number of imidazole rings is 1. The summed E-state index contributed by atoms with van der Waals surface area (Å²) < 4.78 is 2.15. The number of pyridine rings is 1. The van der Waals surface area contributed by atoms with Crippen molar-refractivity contribution < 1.29 is 4.79 Å². The SMILES string of the molecule is CCN(C(=O)C1CCc2nc3cc(C)ccn3c2C1)c1ccccc1. The van der Waals surface area contributed by atoms with Gasteiger partial charge in [-0.2, -0.15) is 0 Å². The lowest BCUT2D eigenvalue weighted by molar-refractivity contribution is -0.122. The van der Waals surface area contributed by atoms with Crippen LogP contribution in [0.4, 0.5) is 5.69 Å². The summed E-state index contributed by atoms with van der Waals surface area (Å²) in [6.45, 7) is 4.81. The van der Waals surface area contributed by atoms with E-state index >= 15 is 0 Å². The van der Waals surface area contributed by atoms with Crippen LogP contribution in [0.15, 0.2) is 48.7 Å². The third kappa shape index (κ3) is 2.82. The van der Waals surface area contributed by atoms with Crippen LogP contribution >= 0.6 is 0 Å². The highest BCUT2D eigenvalue weighted by molar-refractivity contribution is 5.95. The molecule has 0 N–H and O–H groups in total. The molecule has 4 rings (SSSR count). The molecule has 2 aromatic heterocycles. The van der Waals surface area contributed by atoms with E-state index in [1.54, 1.807) is 0 Å². The van der Waals surface area contributed by atoms with Crippen LogP contribution in [0.1, 0.15) is 30.3 Å². The molecular weight excluding hydrogens is 310 g/mol. The Morgan fingerprint density at radius 3 is 2.84 bits per heavy atom. The minimum atomic E-state index is 0.0221. The van der Waals surface area contributed by atoms with Crippen molar-refractivity contribution in [2.75, 3.05) is 11.4 Å². The third-order valence-corrected chi connectivity index (χ3v) is 5.13. The summed E-state index contributed by atoms with van der Waals surface area (Å²) in [5.74, 6) is 0.246. The highest BCUT2D eigenvalue weighted by atomic mass is 16.2. The van der Waals surface area contributed by atoms with Gasteiger partial charge in [-0.1, -0.05) is 18.2 Å². The molecule has 1 aromatic carbocycles. The van der Waals surface area contributed by atoms with Gasteiger partial charge >= 0.3 is 0 Å². The van der Waals surface area contributed by atoms with Gasteiger partial charge in [-0.25, -0.2) is 4.98 Å². The Morgan fingerprint density at radius 1 is 1.28 bits per heavy atom. The number of carbonyl (C=O) groups is 1. The number of aromatic nitrogens is 2. The summed E-state index contributed by atoms with van der Waals surface area (Å²) in [6, 6.07) is 14.2. The molecule has 4 heteroatoms. The highest BCUT2D eigenvalue weighted by Gasteiger charge is 2.31. The van der Waals surface area contributed by atoms with Gasteiger partial charge in [0.1, 0.15) is 5.65 Å². The van der Waals surface area contributed by atoms with Gasteiger partial charge in [0.15, 0.2) is 0 Å². The number of anilines is 1. The number of carbonyl (C=O) groups excluding carboxylic acids is 1. The number of hydrogen-bond acceptors (Lipinski definition) is 2. The summed E-state index contributed by atoms with van der Waals surface area (Å²) in [5.41, 5.74) is 5.54. The van der Waals surface area contributed by atoms with E-state index in [0.717, 1.165) is 36.3 Å². The number of hydrogen-bond donors (Lipinski definition) is 0. The molecule has 128 valence electrons. The van der Waals surface area contributed by atoms with Crippen molar-refractivity contribution in [3.8, 4) is 0 Å². The molecule has 1 amide bonds. The van der Waals surface area contributed by atoms with Crippen LogP contribution in [0, 0.1) is 12.8 Å². The Kier molecular flexibility index (Phi) is 4.04. The number of rotatable bonds is 3. The first-order chi connectivity index (χ1) is 12.2. The van der Waals surface area contributed by atoms with Crippen molar-refractivity contribution in [2.45, 2.75) is 33.1 Å². The highest BCUT2D eigenvalue weighted by Crippen LogP contribution is 2.29. The molecule has 1 aliphatic carbocycles. The minimum Gasteiger partial charge on any atom is -0.312 e. The normalized spacial score (nSPS) is 16.6. The Labute approximate surface area is 148 Å². The molecule has 0 spiro atoms. The van der Waals surface area contributed by atoms with E-state index in [2.05, 4.69) is 29.7 Å². The summed E-state index contributed by atoms with van der Waals surface area (Å²) in [5, 5.41) is 0. The van der Waals surface area contributed by atoms with Crippen LogP contribution in [0.3, 0.4) is 0 Å². The van der Waals surface area contributed by atoms with E-state index in [9.17, 15) is 4.79 Å². The number of amides is 1. The Bertz CT molecular complexity index is 914. The lowest BCUT2D eigenvalue weighted by Crippen LogP contribution is -2.38. The fraction of sp³-hybridized carbons (Fsp3) is 0.333. The van der Waals surface area contributed by atoms with Crippen LogP contribution in [-0.2, 0) is 17.6 Å². The van der Waals surface area contributed by atoms with Gasteiger partial charge in [-0.3, -0.25) is 4.79 Å². The summed E-state index contributed by atoms with van der Waals surface area (Å²) >= 11 is 0. The van der Waals surface area contributed by atoms with E-state index in [4.69, 9.17) is 4.98 Å². The standard InChI is InChI=1S/C21H23N3O/c1-3-23(17-7-5-4-6-8-17)21(25)16-9-10-18-19(14-16)24-12-11-15(2)13-20(24)22-18/h4-8,11-13,16H,3,9-10,14H2,1-2H3. The van der Waals surface area contributed by atoms with Crippen molar-refractivity contribution in [2.24, 2.45) is 5.92 Å². The largest absolute Gasteiger partial charge is 0.312 e. The fourth-order valence-corrected chi connectivity index (χ4v) is 3.81. The van der Waals surface area contributed by atoms with Crippen molar-refractivity contribution in [3.05, 3.63) is 65.6 Å². The Morgan fingerprint density at radius 2 is 2.08 bits per heavy atom. The second kappa shape index (κ2) is 6.36. The van der Waals surface area contributed by atoms with Gasteiger partial charge in [0, 0.05) is 36.5 Å². The quantitative estimate of drug-likeness (QED) is 0.731. The van der Waals surface area contributed by atoms with E-state index in [-0.39, 0.29) is 11.8 Å². The summed E-state index contributed by atoms with van der Waals surface area (Å²) in [7, 11) is 0. The summed E-state index contributed by atoms with van der Waals surface area (Å²) in [4.78, 5) is 19.8. The average molecular weight is 333 g/mol. The van der Waals surface area contributed by atoms with E-state index in [0.29, 0.717) is 6.54 Å². The molecule has 0 fully saturated rings. The number of para-hydroxylation sites is 1. The van der Waals surface area contributed by atoms with Gasteiger partial charge in [-0.05, 0) is 56.5 Å². The average Bonchev–Trinajstić information content (AvgIpc) is 2.99. The fourth-order valence-electron chi connectivity index (χ4n) is 3.81. The maximum absolute atomic E-state index is 13.1. The predicted octanol–water partition coefficient (Wildman–Crippen LogP) is 3.80. The monoisotopic (exact) mass is 333 g/mol. The third-order valence-electron chi connectivity index (χ3n) is 5.13. The second-order valence-corrected chi connectivity index (χ2v) is 6.80. The molecule has 0 saturated heterocycles. The molecule has 0 radical (unpaired) electrons. The molecule has 0 saturated carbocycles. The number of nitrogens with zero attached hydrogens (tertiary/aromatic N) is 3. The molecule has 1 unspecified atom stereocenters. The molecular formula is C21H23N3O. The van der Waals surface area contributed by atoms with Crippen molar-refractivity contribution in [3.63, 3.8) is 0 Å². The Balaban J connectivity index is 1.63. The first kappa shape index (κ1) is 15.9. The second-order valence-electron chi connectivity index (χ2n) is 6.80. The van der Waals surface area contributed by atoms with E-state index < -0.39 is 0 Å². The predicted molar refractivity (Wildman–Crippen MR) is 99.9 cm³/mol. The zero-order valence-corrected chi connectivity index (χ0v) is 14.8. The van der Waals surface area contributed by atoms with Crippen LogP contribution in [0.5, 0.6) is 0 Å². The first-order valence-corrected chi connectivity index (χ1v) is 9.00. The Hall–Kier alpha value is -2.62. The lowest BCUT2D eigenvalue weighted by Gasteiger charge is -2.28. The molecule has 1 aliphatic rings. The first-order valence-electron chi connectivity index (χ1n) is 9.00. The van der Waals surface area contributed by atoms with Crippen LogP contribution in [-0.4, -0.2) is 21.8 Å². The smallest absolute Gasteiger partial charge is 0.230 e.